The number of likely N-dealkylation sites (tertiary alicyclic amines) is 1. The van der Waals surface area contributed by atoms with E-state index in [1.165, 1.54) is 25.9 Å². The molecule has 0 bridgehead atoms. The maximum atomic E-state index is 4.29. The number of fused-ring (bicyclic) bond motifs is 1. The van der Waals surface area contributed by atoms with E-state index in [9.17, 15) is 0 Å². The van der Waals surface area contributed by atoms with Crippen LogP contribution in [0.25, 0.3) is 0 Å². The van der Waals surface area contributed by atoms with E-state index >= 15 is 0 Å². The zero-order valence-electron chi connectivity index (χ0n) is 12.2. The molecule has 1 aromatic rings. The van der Waals surface area contributed by atoms with Crippen molar-refractivity contribution in [1.82, 2.24) is 19.7 Å². The molecule has 1 aliphatic heterocycles. The lowest BCUT2D eigenvalue weighted by Gasteiger charge is -2.22. The molecule has 0 spiro atoms. The lowest BCUT2D eigenvalue weighted by molar-refractivity contribution is 0.297. The molecule has 2 aliphatic rings. The summed E-state index contributed by atoms with van der Waals surface area (Å²) < 4.78 is 2.19. The minimum atomic E-state index is 0.443. The molecule has 19 heavy (non-hydrogen) atoms. The van der Waals surface area contributed by atoms with E-state index in [0.717, 1.165) is 24.2 Å². The Kier molecular flexibility index (Phi) is 3.44. The van der Waals surface area contributed by atoms with Crippen molar-refractivity contribution in [3.05, 3.63) is 23.8 Å². The normalized spacial score (nSPS) is 27.7. The Labute approximate surface area is 115 Å². The Morgan fingerprint density at radius 3 is 2.89 bits per heavy atom. The fourth-order valence-electron chi connectivity index (χ4n) is 3.52. The van der Waals surface area contributed by atoms with E-state index in [-0.39, 0.29) is 0 Å². The Balaban J connectivity index is 1.65. The lowest BCUT2D eigenvalue weighted by atomic mass is 9.83. The van der Waals surface area contributed by atoms with Gasteiger partial charge in [-0.15, -0.1) is 10.2 Å². The summed E-state index contributed by atoms with van der Waals surface area (Å²) in [6.45, 7) is 10.0. The number of rotatable bonds is 3. The molecule has 1 aromatic heterocycles. The third kappa shape index (κ3) is 2.59. The van der Waals surface area contributed by atoms with Crippen LogP contribution >= 0.6 is 0 Å². The van der Waals surface area contributed by atoms with E-state index in [1.54, 1.807) is 5.57 Å². The molecule has 4 heteroatoms. The van der Waals surface area contributed by atoms with Crippen molar-refractivity contribution in [3.63, 3.8) is 0 Å². The molecule has 0 aromatic carbocycles. The maximum Gasteiger partial charge on any atom is 0.147 e. The maximum absolute atomic E-state index is 4.29. The zero-order chi connectivity index (χ0) is 13.4. The van der Waals surface area contributed by atoms with Crippen LogP contribution in [-0.4, -0.2) is 32.8 Å². The number of allylic oxidation sites excluding steroid dienone is 2. The predicted molar refractivity (Wildman–Crippen MR) is 75.7 cm³/mol. The fourth-order valence-corrected chi connectivity index (χ4v) is 3.52. The first-order valence-corrected chi connectivity index (χ1v) is 7.40. The Bertz CT molecular complexity index is 474. The SMILES string of the molecule is CC1=CC[C@H]2CN(Cc3nncn3C(C)C)C[C@H]2C1. The first-order valence-electron chi connectivity index (χ1n) is 7.40. The van der Waals surface area contributed by atoms with Crippen LogP contribution in [0.2, 0.25) is 0 Å². The number of hydrogen-bond acceptors (Lipinski definition) is 3. The molecule has 4 nitrogen and oxygen atoms in total. The third-order valence-corrected chi connectivity index (χ3v) is 4.57. The second kappa shape index (κ2) is 5.08. The molecular weight excluding hydrogens is 236 g/mol. The molecule has 0 amide bonds. The van der Waals surface area contributed by atoms with Gasteiger partial charge >= 0.3 is 0 Å². The highest BCUT2D eigenvalue weighted by Gasteiger charge is 2.34. The van der Waals surface area contributed by atoms with Gasteiger partial charge in [-0.25, -0.2) is 0 Å². The van der Waals surface area contributed by atoms with Gasteiger partial charge < -0.3 is 4.57 Å². The van der Waals surface area contributed by atoms with Crippen LogP contribution in [-0.2, 0) is 6.54 Å². The van der Waals surface area contributed by atoms with Gasteiger partial charge in [-0.2, -0.15) is 0 Å². The second-order valence-electron chi connectivity index (χ2n) is 6.45. The van der Waals surface area contributed by atoms with Gasteiger partial charge in [0.05, 0.1) is 6.54 Å². The summed E-state index contributed by atoms with van der Waals surface area (Å²) in [4.78, 5) is 2.56. The van der Waals surface area contributed by atoms with Gasteiger partial charge in [0, 0.05) is 19.1 Å². The van der Waals surface area contributed by atoms with Crippen LogP contribution in [0, 0.1) is 11.8 Å². The molecule has 104 valence electrons. The van der Waals surface area contributed by atoms with Gasteiger partial charge in [0.1, 0.15) is 12.2 Å². The highest BCUT2D eigenvalue weighted by Crippen LogP contribution is 2.36. The van der Waals surface area contributed by atoms with Gasteiger partial charge in [0.15, 0.2) is 0 Å². The molecule has 1 fully saturated rings. The summed E-state index contributed by atoms with van der Waals surface area (Å²) in [6, 6.07) is 0.443. The lowest BCUT2D eigenvalue weighted by Crippen LogP contribution is -2.23. The van der Waals surface area contributed by atoms with Gasteiger partial charge in [-0.1, -0.05) is 11.6 Å². The van der Waals surface area contributed by atoms with Crippen molar-refractivity contribution in [2.45, 2.75) is 46.2 Å². The molecule has 0 unspecified atom stereocenters. The van der Waals surface area contributed by atoms with E-state index in [1.807, 2.05) is 6.33 Å². The van der Waals surface area contributed by atoms with Crippen molar-refractivity contribution in [2.24, 2.45) is 11.8 Å². The number of nitrogens with zero attached hydrogens (tertiary/aromatic N) is 4. The molecule has 2 heterocycles. The molecule has 2 atom stereocenters. The van der Waals surface area contributed by atoms with Crippen LogP contribution < -0.4 is 0 Å². The van der Waals surface area contributed by atoms with E-state index in [4.69, 9.17) is 0 Å². The summed E-state index contributed by atoms with van der Waals surface area (Å²) in [5, 5.41) is 8.36. The zero-order valence-corrected chi connectivity index (χ0v) is 12.2. The van der Waals surface area contributed by atoms with Crippen molar-refractivity contribution in [2.75, 3.05) is 13.1 Å². The minimum Gasteiger partial charge on any atom is -0.314 e. The Hall–Kier alpha value is -1.16. The number of hydrogen-bond donors (Lipinski definition) is 0. The molecule has 0 saturated carbocycles. The van der Waals surface area contributed by atoms with Crippen LogP contribution in [0.3, 0.4) is 0 Å². The van der Waals surface area contributed by atoms with Crippen LogP contribution in [0.15, 0.2) is 18.0 Å². The largest absolute Gasteiger partial charge is 0.314 e. The first-order chi connectivity index (χ1) is 9.13. The molecular formula is C15H24N4. The summed E-state index contributed by atoms with van der Waals surface area (Å²) in [5.41, 5.74) is 1.58. The van der Waals surface area contributed by atoms with Gasteiger partial charge in [0.2, 0.25) is 0 Å². The molecule has 3 rings (SSSR count). The molecule has 0 N–H and O–H groups in total. The van der Waals surface area contributed by atoms with Crippen molar-refractivity contribution >= 4 is 0 Å². The summed E-state index contributed by atoms with van der Waals surface area (Å²) in [6.07, 6.45) is 6.85. The number of aromatic nitrogens is 3. The van der Waals surface area contributed by atoms with Gasteiger partial charge in [-0.05, 0) is 45.4 Å². The minimum absolute atomic E-state index is 0.443. The molecule has 0 radical (unpaired) electrons. The molecule has 1 aliphatic carbocycles. The van der Waals surface area contributed by atoms with Gasteiger partial charge in [-0.3, -0.25) is 4.90 Å². The van der Waals surface area contributed by atoms with E-state index in [2.05, 4.69) is 46.5 Å². The average molecular weight is 260 g/mol. The smallest absolute Gasteiger partial charge is 0.147 e. The van der Waals surface area contributed by atoms with E-state index < -0.39 is 0 Å². The van der Waals surface area contributed by atoms with Gasteiger partial charge in [0.25, 0.3) is 0 Å². The highest BCUT2D eigenvalue weighted by molar-refractivity contribution is 5.08. The predicted octanol–water partition coefficient (Wildman–Crippen LogP) is 2.65. The standard InChI is InChI=1S/C15H24N4/c1-11(2)19-10-16-17-15(19)9-18-7-13-5-4-12(3)6-14(13)8-18/h4,10-11,13-14H,5-9H2,1-3H3/t13-,14+/m0/s1. The highest BCUT2D eigenvalue weighted by atomic mass is 15.3. The summed E-state index contributed by atoms with van der Waals surface area (Å²) >= 11 is 0. The van der Waals surface area contributed by atoms with Crippen LogP contribution in [0.5, 0.6) is 0 Å². The van der Waals surface area contributed by atoms with Crippen molar-refractivity contribution < 1.29 is 0 Å². The topological polar surface area (TPSA) is 34.0 Å². The summed E-state index contributed by atoms with van der Waals surface area (Å²) in [7, 11) is 0. The van der Waals surface area contributed by atoms with Crippen LogP contribution in [0.1, 0.15) is 45.5 Å². The average Bonchev–Trinajstić information content (AvgIpc) is 2.95. The summed E-state index contributed by atoms with van der Waals surface area (Å²) in [5.74, 6) is 2.83. The van der Waals surface area contributed by atoms with E-state index in [0.29, 0.717) is 6.04 Å². The van der Waals surface area contributed by atoms with Crippen molar-refractivity contribution in [1.29, 1.82) is 0 Å². The fraction of sp³-hybridized carbons (Fsp3) is 0.733. The quantitative estimate of drug-likeness (QED) is 0.784. The molecule has 1 saturated heterocycles. The Morgan fingerprint density at radius 1 is 1.32 bits per heavy atom. The second-order valence-corrected chi connectivity index (χ2v) is 6.45. The third-order valence-electron chi connectivity index (χ3n) is 4.57. The van der Waals surface area contributed by atoms with Crippen LogP contribution in [0.4, 0.5) is 0 Å². The van der Waals surface area contributed by atoms with Crippen molar-refractivity contribution in [3.8, 4) is 0 Å². The monoisotopic (exact) mass is 260 g/mol. The Morgan fingerprint density at radius 2 is 2.11 bits per heavy atom. The first kappa shape index (κ1) is 12.9.